The summed E-state index contributed by atoms with van der Waals surface area (Å²) in [5, 5.41) is 17.0. The van der Waals surface area contributed by atoms with Gasteiger partial charge in [-0.25, -0.2) is 0 Å². The topological polar surface area (TPSA) is 154 Å². The summed E-state index contributed by atoms with van der Waals surface area (Å²) in [5.74, 6) is 0. The number of hydrogen-bond donors (Lipinski definition) is 4. The molecule has 0 saturated carbocycles. The SMILES string of the molecule is Cc1cc(N=Nc2ccc(N=Nc3cc(C)c(N)cc3N)c(C)c2)c(N)cc1N. The van der Waals surface area contributed by atoms with Crippen LogP contribution >= 0.6 is 0 Å². The maximum Gasteiger partial charge on any atom is 0.109 e. The number of anilines is 4. The highest BCUT2D eigenvalue weighted by Gasteiger charge is 2.05. The minimum absolute atomic E-state index is 0.482. The average molecular weight is 388 g/mol. The number of azo groups is 2. The predicted molar refractivity (Wildman–Crippen MR) is 120 cm³/mol. The molecular weight excluding hydrogens is 364 g/mol. The van der Waals surface area contributed by atoms with E-state index < -0.39 is 0 Å². The minimum atomic E-state index is 0.482. The maximum atomic E-state index is 5.96. The number of rotatable bonds is 4. The van der Waals surface area contributed by atoms with Crippen LogP contribution in [0, 0.1) is 20.8 Å². The number of benzene rings is 3. The van der Waals surface area contributed by atoms with Crippen molar-refractivity contribution in [2.75, 3.05) is 22.9 Å². The first-order chi connectivity index (χ1) is 13.7. The molecule has 0 saturated heterocycles. The highest BCUT2D eigenvalue weighted by atomic mass is 15.1. The molecule has 8 nitrogen and oxygen atoms in total. The van der Waals surface area contributed by atoms with E-state index in [1.165, 1.54) is 0 Å². The first-order valence-corrected chi connectivity index (χ1v) is 9.00. The molecule has 0 bridgehead atoms. The summed E-state index contributed by atoms with van der Waals surface area (Å²) < 4.78 is 0. The molecule has 29 heavy (non-hydrogen) atoms. The number of aryl methyl sites for hydroxylation is 3. The van der Waals surface area contributed by atoms with Crippen molar-refractivity contribution in [3.63, 3.8) is 0 Å². The molecule has 0 heterocycles. The van der Waals surface area contributed by atoms with E-state index in [0.717, 1.165) is 16.7 Å². The van der Waals surface area contributed by atoms with Crippen molar-refractivity contribution in [1.29, 1.82) is 0 Å². The van der Waals surface area contributed by atoms with Crippen molar-refractivity contribution in [2.24, 2.45) is 20.5 Å². The lowest BCUT2D eigenvalue weighted by atomic mass is 10.1. The van der Waals surface area contributed by atoms with Gasteiger partial charge in [0.05, 0.1) is 22.7 Å². The highest BCUT2D eigenvalue weighted by Crippen LogP contribution is 2.32. The van der Waals surface area contributed by atoms with Gasteiger partial charge in [-0.2, -0.15) is 10.2 Å². The molecule has 0 aliphatic rings. The van der Waals surface area contributed by atoms with Crippen molar-refractivity contribution in [2.45, 2.75) is 20.8 Å². The molecule has 0 aromatic heterocycles. The van der Waals surface area contributed by atoms with Gasteiger partial charge in [0.2, 0.25) is 0 Å². The van der Waals surface area contributed by atoms with Gasteiger partial charge >= 0.3 is 0 Å². The zero-order chi connectivity index (χ0) is 21.1. The van der Waals surface area contributed by atoms with E-state index >= 15 is 0 Å². The number of nitrogen functional groups attached to an aromatic ring is 4. The van der Waals surface area contributed by atoms with E-state index in [9.17, 15) is 0 Å². The Morgan fingerprint density at radius 3 is 1.48 bits per heavy atom. The van der Waals surface area contributed by atoms with Crippen molar-refractivity contribution >= 4 is 45.5 Å². The van der Waals surface area contributed by atoms with E-state index in [-0.39, 0.29) is 0 Å². The van der Waals surface area contributed by atoms with E-state index in [4.69, 9.17) is 22.9 Å². The monoisotopic (exact) mass is 388 g/mol. The Hall–Kier alpha value is -3.94. The fourth-order valence-electron chi connectivity index (χ4n) is 2.66. The molecule has 0 aliphatic heterocycles. The Balaban J connectivity index is 1.82. The fraction of sp³-hybridized carbons (Fsp3) is 0.143. The third-order valence-corrected chi connectivity index (χ3v) is 4.55. The van der Waals surface area contributed by atoms with Crippen LogP contribution in [0.5, 0.6) is 0 Å². The average Bonchev–Trinajstić information content (AvgIpc) is 2.66. The quantitative estimate of drug-likeness (QED) is 0.331. The standard InChI is InChI=1S/C21H24N8/c1-11-7-20(17(24)9-15(11)22)28-26-14-4-5-19(13(3)6-14)27-29-21-8-12(2)16(23)10-18(21)25/h4-10H,22-25H2,1-3H3. The van der Waals surface area contributed by atoms with E-state index in [1.807, 2.05) is 51.1 Å². The molecule has 148 valence electrons. The molecule has 0 radical (unpaired) electrons. The molecule has 8 N–H and O–H groups in total. The second-order valence-corrected chi connectivity index (χ2v) is 6.91. The van der Waals surface area contributed by atoms with Gasteiger partial charge in [-0.1, -0.05) is 0 Å². The number of nitrogens with two attached hydrogens (primary N) is 4. The molecule has 0 fully saturated rings. The predicted octanol–water partition coefficient (Wildman–Crippen LogP) is 5.77. The van der Waals surface area contributed by atoms with Gasteiger partial charge in [-0.3, -0.25) is 0 Å². The molecule has 0 amide bonds. The van der Waals surface area contributed by atoms with Crippen molar-refractivity contribution in [3.05, 3.63) is 59.2 Å². The van der Waals surface area contributed by atoms with Crippen molar-refractivity contribution in [3.8, 4) is 0 Å². The molecule has 0 unspecified atom stereocenters. The Kier molecular flexibility index (Phi) is 5.45. The van der Waals surface area contributed by atoms with Crippen LogP contribution in [0.3, 0.4) is 0 Å². The van der Waals surface area contributed by atoms with Crippen LogP contribution in [0.4, 0.5) is 45.5 Å². The molecule has 0 spiro atoms. The smallest absolute Gasteiger partial charge is 0.109 e. The van der Waals surface area contributed by atoms with Gasteiger partial charge in [0, 0.05) is 11.4 Å². The molecule has 3 aromatic carbocycles. The zero-order valence-electron chi connectivity index (χ0n) is 16.6. The molecule has 3 aromatic rings. The summed E-state index contributed by atoms with van der Waals surface area (Å²) in [6.07, 6.45) is 0. The van der Waals surface area contributed by atoms with E-state index in [2.05, 4.69) is 20.5 Å². The maximum absolute atomic E-state index is 5.96. The summed E-state index contributed by atoms with van der Waals surface area (Å²) in [5.41, 5.74) is 31.1. The van der Waals surface area contributed by atoms with Crippen LogP contribution in [0.25, 0.3) is 0 Å². The van der Waals surface area contributed by atoms with Crippen LogP contribution in [0.2, 0.25) is 0 Å². The van der Waals surface area contributed by atoms with Crippen molar-refractivity contribution in [1.82, 2.24) is 0 Å². The third-order valence-electron chi connectivity index (χ3n) is 4.55. The molecule has 8 heteroatoms. The second kappa shape index (κ2) is 7.97. The summed E-state index contributed by atoms with van der Waals surface area (Å²) in [6, 6.07) is 12.5. The highest BCUT2D eigenvalue weighted by molar-refractivity contribution is 5.71. The van der Waals surface area contributed by atoms with Gasteiger partial charge in [0.1, 0.15) is 11.4 Å². The molecule has 3 rings (SSSR count). The van der Waals surface area contributed by atoms with Gasteiger partial charge in [0.15, 0.2) is 0 Å². The third kappa shape index (κ3) is 4.49. The first kappa shape index (κ1) is 19.8. The first-order valence-electron chi connectivity index (χ1n) is 9.00. The number of hydrogen-bond acceptors (Lipinski definition) is 8. The van der Waals surface area contributed by atoms with Crippen LogP contribution < -0.4 is 22.9 Å². The lowest BCUT2D eigenvalue weighted by molar-refractivity contribution is 1.19. The normalized spacial score (nSPS) is 11.6. The lowest BCUT2D eigenvalue weighted by Gasteiger charge is -2.05. The Morgan fingerprint density at radius 1 is 0.483 bits per heavy atom. The van der Waals surface area contributed by atoms with Gasteiger partial charge < -0.3 is 22.9 Å². The van der Waals surface area contributed by atoms with Gasteiger partial charge in [-0.15, -0.1) is 10.2 Å². The van der Waals surface area contributed by atoms with Crippen LogP contribution in [-0.2, 0) is 0 Å². The largest absolute Gasteiger partial charge is 0.398 e. The van der Waals surface area contributed by atoms with Crippen molar-refractivity contribution < 1.29 is 0 Å². The van der Waals surface area contributed by atoms with Crippen LogP contribution in [-0.4, -0.2) is 0 Å². The Morgan fingerprint density at radius 2 is 0.966 bits per heavy atom. The van der Waals surface area contributed by atoms with E-state index in [1.54, 1.807) is 12.1 Å². The molecule has 0 aliphatic carbocycles. The number of nitrogens with zero attached hydrogens (tertiary/aromatic N) is 4. The second-order valence-electron chi connectivity index (χ2n) is 6.91. The van der Waals surface area contributed by atoms with Gasteiger partial charge in [-0.05, 0) is 79.9 Å². The van der Waals surface area contributed by atoms with Crippen LogP contribution in [0.1, 0.15) is 16.7 Å². The Labute approximate surface area is 169 Å². The molecular formula is C21H24N8. The summed E-state index contributed by atoms with van der Waals surface area (Å²) in [7, 11) is 0. The fourth-order valence-corrected chi connectivity index (χ4v) is 2.66. The molecule has 0 atom stereocenters. The van der Waals surface area contributed by atoms with E-state index in [0.29, 0.717) is 45.5 Å². The lowest BCUT2D eigenvalue weighted by Crippen LogP contribution is -1.93. The summed E-state index contributed by atoms with van der Waals surface area (Å²) in [6.45, 7) is 5.72. The summed E-state index contributed by atoms with van der Waals surface area (Å²) >= 11 is 0. The Bertz CT molecular complexity index is 1130. The van der Waals surface area contributed by atoms with Crippen LogP contribution in [0.15, 0.2) is 62.9 Å². The zero-order valence-corrected chi connectivity index (χ0v) is 16.6. The minimum Gasteiger partial charge on any atom is -0.398 e. The summed E-state index contributed by atoms with van der Waals surface area (Å²) in [4.78, 5) is 0. The van der Waals surface area contributed by atoms with Gasteiger partial charge in [0.25, 0.3) is 0 Å².